The molecule has 0 aliphatic carbocycles. The van der Waals surface area contributed by atoms with Gasteiger partial charge in [0.05, 0.1) is 30.7 Å². The van der Waals surface area contributed by atoms with Gasteiger partial charge in [-0.15, -0.1) is 0 Å². The number of benzene rings is 1. The van der Waals surface area contributed by atoms with Gasteiger partial charge in [-0.3, -0.25) is 19.7 Å². The minimum Gasteiger partial charge on any atom is -0.542 e. The molecule has 9 N–H and O–H groups in total. The lowest BCUT2D eigenvalue weighted by atomic mass is 10.0. The first-order valence-corrected chi connectivity index (χ1v) is 13.0. The topological polar surface area (TPSA) is 269 Å². The summed E-state index contributed by atoms with van der Waals surface area (Å²) in [5.41, 5.74) is 7.79. The molecule has 258 valence electrons. The average Bonchev–Trinajstić information content (AvgIpc) is 2.95. The van der Waals surface area contributed by atoms with Crippen LogP contribution in [0.1, 0.15) is 43.8 Å². The fourth-order valence-corrected chi connectivity index (χ4v) is 3.05. The second-order valence-electron chi connectivity index (χ2n) is 8.87. The van der Waals surface area contributed by atoms with Crippen LogP contribution in [0.25, 0.3) is 0 Å². The number of hydrogen-bond acceptors (Lipinski definition) is 10. The molecule has 2 amide bonds. The monoisotopic (exact) mass is 667 g/mol. The number of non-ortho nitro benzene ring substituents is 1. The van der Waals surface area contributed by atoms with Gasteiger partial charge in [0.2, 0.25) is 11.8 Å². The standard InChI is InChI=1S/C20H33N5O6.2C2HF3O2/c21-10-1-2-12-24(13-3-11-22)19(28)9-8-18(27)23-17(14-26)20(29)15-4-6-16(7-5-15)25(30)31;2*3-2(4,5)1(6)7/h4-7,17,20,26,29H,1-3,8-14,21-22H2,(H,23,27);2*(H,6,7)/t17-,20-;;/m1../s1. The first-order valence-electron chi connectivity index (χ1n) is 13.0. The minimum absolute atomic E-state index is 0.0269. The highest BCUT2D eigenvalue weighted by molar-refractivity contribution is 5.84. The van der Waals surface area contributed by atoms with Gasteiger partial charge in [0.15, 0.2) is 0 Å². The number of rotatable bonds is 15. The van der Waals surface area contributed by atoms with Gasteiger partial charge < -0.3 is 51.7 Å². The highest BCUT2D eigenvalue weighted by Gasteiger charge is 2.29. The molecule has 1 aromatic rings. The molecule has 0 heterocycles. The summed E-state index contributed by atoms with van der Waals surface area (Å²) >= 11 is 0. The summed E-state index contributed by atoms with van der Waals surface area (Å²) in [5.74, 6) is -6.60. The molecule has 0 unspecified atom stereocenters. The number of aliphatic hydroxyl groups is 2. The Hall–Kier alpha value is -4.08. The number of amides is 2. The molecule has 0 radical (unpaired) electrons. The molecular weight excluding hydrogens is 632 g/mol. The molecule has 0 fully saturated rings. The highest BCUT2D eigenvalue weighted by Crippen LogP contribution is 2.20. The Morgan fingerprint density at radius 1 is 0.867 bits per heavy atom. The van der Waals surface area contributed by atoms with E-state index in [-0.39, 0.29) is 24.4 Å². The lowest BCUT2D eigenvalue weighted by Crippen LogP contribution is -2.51. The van der Waals surface area contributed by atoms with Crippen molar-refractivity contribution in [3.05, 3.63) is 39.9 Å². The first kappa shape index (κ1) is 43.0. The maximum Gasteiger partial charge on any atom is 0.430 e. The number of carbonyl (C=O) groups excluding carboxylic acids is 4. The molecule has 0 bridgehead atoms. The Labute approximate surface area is 251 Å². The van der Waals surface area contributed by atoms with E-state index in [1.165, 1.54) is 24.3 Å². The molecule has 0 aromatic heterocycles. The molecule has 0 aliphatic heterocycles. The predicted octanol–water partition coefficient (Wildman–Crippen LogP) is -3.03. The van der Waals surface area contributed by atoms with Gasteiger partial charge in [-0.25, -0.2) is 0 Å². The van der Waals surface area contributed by atoms with Crippen LogP contribution in [-0.4, -0.2) is 95.0 Å². The van der Waals surface area contributed by atoms with Gasteiger partial charge in [-0.1, -0.05) is 0 Å². The van der Waals surface area contributed by atoms with Crippen molar-refractivity contribution in [2.24, 2.45) is 0 Å². The van der Waals surface area contributed by atoms with Crippen molar-refractivity contribution < 1.29 is 82.3 Å². The van der Waals surface area contributed by atoms with Crippen LogP contribution in [-0.2, 0) is 19.2 Å². The number of nitrogens with one attached hydrogen (secondary N) is 1. The van der Waals surface area contributed by atoms with Crippen LogP contribution in [0.3, 0.4) is 0 Å². The number of aliphatic carboxylic acids is 2. The number of hydrogen-bond donors (Lipinski definition) is 5. The summed E-state index contributed by atoms with van der Waals surface area (Å²) in [4.78, 5) is 54.3. The van der Waals surface area contributed by atoms with Crippen LogP contribution >= 0.6 is 0 Å². The number of alkyl halides is 6. The van der Waals surface area contributed by atoms with Gasteiger partial charge in [-0.05, 0) is 30.5 Å². The van der Waals surface area contributed by atoms with Gasteiger partial charge in [0.25, 0.3) is 5.69 Å². The van der Waals surface area contributed by atoms with Gasteiger partial charge in [-0.2, -0.15) is 26.3 Å². The fourth-order valence-electron chi connectivity index (χ4n) is 3.05. The van der Waals surface area contributed by atoms with Crippen molar-refractivity contribution in [3.8, 4) is 0 Å². The molecule has 0 aliphatic rings. The van der Waals surface area contributed by atoms with E-state index in [1.807, 2.05) is 0 Å². The Kier molecular flexibility index (Phi) is 20.7. The molecule has 0 saturated heterocycles. The second kappa shape index (κ2) is 21.6. The quantitative estimate of drug-likeness (QED) is 0.0546. The van der Waals surface area contributed by atoms with Crippen LogP contribution in [0, 0.1) is 10.1 Å². The molecule has 45 heavy (non-hydrogen) atoms. The molecule has 1 rings (SSSR count). The van der Waals surface area contributed by atoms with Gasteiger partial charge in [0.1, 0.15) is 18.0 Å². The number of carboxylic acids is 2. The maximum absolute atomic E-state index is 12.5. The molecule has 21 heteroatoms. The summed E-state index contributed by atoms with van der Waals surface area (Å²) in [6, 6.07) is 4.22. The average molecular weight is 668 g/mol. The number of nitrogens with zero attached hydrogens (tertiary/aromatic N) is 2. The predicted molar refractivity (Wildman–Crippen MR) is 134 cm³/mol. The number of nitro groups is 1. The molecular formula is C24H35F6N5O10. The second-order valence-corrected chi connectivity index (χ2v) is 8.87. The maximum atomic E-state index is 12.5. The molecule has 15 nitrogen and oxygen atoms in total. The van der Waals surface area contributed by atoms with Crippen molar-refractivity contribution in [2.75, 3.05) is 32.8 Å². The third kappa shape index (κ3) is 19.7. The zero-order chi connectivity index (χ0) is 35.4. The van der Waals surface area contributed by atoms with Crippen LogP contribution in [0.2, 0.25) is 0 Å². The van der Waals surface area contributed by atoms with Crippen molar-refractivity contribution >= 4 is 29.4 Å². The minimum atomic E-state index is -5.19. The van der Waals surface area contributed by atoms with E-state index in [0.717, 1.165) is 32.4 Å². The van der Waals surface area contributed by atoms with Crippen molar-refractivity contribution in [1.82, 2.24) is 10.2 Å². The summed E-state index contributed by atoms with van der Waals surface area (Å²) < 4.78 is 63.1. The van der Waals surface area contributed by atoms with E-state index in [2.05, 4.69) is 16.8 Å². The number of carboxylic acid groups (broad SMARTS) is 2. The Morgan fingerprint density at radius 3 is 1.69 bits per heavy atom. The Morgan fingerprint density at radius 2 is 1.31 bits per heavy atom. The number of nitro benzene ring substituents is 1. The lowest BCUT2D eigenvalue weighted by Gasteiger charge is -2.24. The molecule has 1 aromatic carbocycles. The van der Waals surface area contributed by atoms with Gasteiger partial charge >= 0.3 is 12.4 Å². The van der Waals surface area contributed by atoms with E-state index in [4.69, 9.17) is 19.8 Å². The SMILES string of the molecule is O=C([O-])C(F)(F)F.O=C([O-])C(F)(F)F.[NH3+]CCCCN(CCC[NH3+])C(=O)CCC(=O)N[C@H](CO)[C@H](O)c1ccc([N+](=O)[O-])cc1. The third-order valence-electron chi connectivity index (χ3n) is 5.36. The largest absolute Gasteiger partial charge is 0.542 e. The Bertz CT molecular complexity index is 1050. The molecule has 2 atom stereocenters. The van der Waals surface area contributed by atoms with Gasteiger partial charge in [0, 0.05) is 44.5 Å². The van der Waals surface area contributed by atoms with Crippen molar-refractivity contribution in [1.29, 1.82) is 0 Å². The summed E-state index contributed by atoms with van der Waals surface area (Å²) in [6.07, 6.45) is -9.12. The van der Waals surface area contributed by atoms with Crippen LogP contribution < -0.4 is 27.0 Å². The zero-order valence-electron chi connectivity index (χ0n) is 23.8. The van der Waals surface area contributed by atoms with E-state index >= 15 is 0 Å². The molecule has 0 saturated carbocycles. The lowest BCUT2D eigenvalue weighted by molar-refractivity contribution is -0.384. The van der Waals surface area contributed by atoms with Crippen molar-refractivity contribution in [3.63, 3.8) is 0 Å². The van der Waals surface area contributed by atoms with E-state index in [0.29, 0.717) is 18.7 Å². The fraction of sp³-hybridized carbons (Fsp3) is 0.583. The summed E-state index contributed by atoms with van der Waals surface area (Å²) in [6.45, 7) is 2.21. The normalized spacial score (nSPS) is 12.3. The van der Waals surface area contributed by atoms with Crippen LogP contribution in [0.15, 0.2) is 24.3 Å². The number of carbonyl (C=O) groups is 4. The van der Waals surface area contributed by atoms with E-state index in [1.54, 1.807) is 4.90 Å². The first-order chi connectivity index (χ1) is 20.7. The zero-order valence-corrected chi connectivity index (χ0v) is 23.8. The number of aliphatic hydroxyl groups excluding tert-OH is 2. The van der Waals surface area contributed by atoms with Crippen molar-refractivity contribution in [2.45, 2.75) is 56.6 Å². The number of quaternary nitrogens is 2. The van der Waals surface area contributed by atoms with Crippen LogP contribution in [0.4, 0.5) is 32.0 Å². The Balaban J connectivity index is 0. The highest BCUT2D eigenvalue weighted by atomic mass is 19.4. The van der Waals surface area contributed by atoms with Crippen LogP contribution in [0.5, 0.6) is 0 Å². The van der Waals surface area contributed by atoms with E-state index < -0.39 is 53.9 Å². The smallest absolute Gasteiger partial charge is 0.430 e. The summed E-state index contributed by atoms with van der Waals surface area (Å²) in [5, 5.41) is 50.8. The third-order valence-corrected chi connectivity index (χ3v) is 5.36. The summed E-state index contributed by atoms with van der Waals surface area (Å²) in [7, 11) is 0. The van der Waals surface area contributed by atoms with E-state index in [9.17, 15) is 56.3 Å². The molecule has 0 spiro atoms. The number of unbranched alkanes of at least 4 members (excludes halogenated alkanes) is 1. The number of halogens is 6.